The van der Waals surface area contributed by atoms with Crippen molar-refractivity contribution in [1.82, 2.24) is 24.5 Å². The largest absolute Gasteiger partial charge is 0.456 e. The van der Waals surface area contributed by atoms with Gasteiger partial charge in [-0.05, 0) is 22.8 Å². The summed E-state index contributed by atoms with van der Waals surface area (Å²) >= 11 is 6.62. The number of aliphatic hydroxyl groups is 1. The average Bonchev–Trinajstić information content (AvgIpc) is 3.71. The molecule has 39 heavy (non-hydrogen) atoms. The lowest BCUT2D eigenvalue weighted by molar-refractivity contribution is 0.00706. The molecule has 7 rings (SSSR count). The number of benzene rings is 2. The van der Waals surface area contributed by atoms with Crippen molar-refractivity contribution in [3.63, 3.8) is 0 Å². The molecule has 11 heteroatoms. The summed E-state index contributed by atoms with van der Waals surface area (Å²) < 4.78 is 19.1. The summed E-state index contributed by atoms with van der Waals surface area (Å²) in [6.07, 6.45) is 0.0597. The van der Waals surface area contributed by atoms with Crippen molar-refractivity contribution in [2.45, 2.75) is 24.4 Å². The number of aromatic nitrogens is 5. The number of halogens is 1. The maximum atomic E-state index is 9.95. The first-order valence-electron chi connectivity index (χ1n) is 12.6. The van der Waals surface area contributed by atoms with Crippen molar-refractivity contribution < 1.29 is 19.3 Å². The van der Waals surface area contributed by atoms with E-state index in [-0.39, 0.29) is 24.9 Å². The van der Waals surface area contributed by atoms with Gasteiger partial charge in [-0.25, -0.2) is 9.97 Å². The van der Waals surface area contributed by atoms with E-state index in [0.29, 0.717) is 40.4 Å². The highest BCUT2D eigenvalue weighted by Gasteiger charge is 2.48. The van der Waals surface area contributed by atoms with E-state index in [4.69, 9.17) is 36.5 Å². The zero-order valence-corrected chi connectivity index (χ0v) is 21.7. The van der Waals surface area contributed by atoms with Crippen LogP contribution in [0.15, 0.2) is 60.8 Å². The number of aromatic amines is 1. The SMILES string of the molecule is Cn1c(-c2ccc(-c3ccc(-c4nc5nc(O[C@@H]6CO[C@H]7[C@@H]6OC[C@H]7O)[nH]c5cc4Cl)cc3)cc2)cnc1N. The molecule has 0 amide bonds. The van der Waals surface area contributed by atoms with Crippen molar-refractivity contribution in [3.05, 3.63) is 65.8 Å². The molecule has 3 aromatic heterocycles. The summed E-state index contributed by atoms with van der Waals surface area (Å²) in [5, 5.41) is 10.4. The molecule has 10 nitrogen and oxygen atoms in total. The minimum Gasteiger partial charge on any atom is -0.456 e. The van der Waals surface area contributed by atoms with Crippen LogP contribution in [0.4, 0.5) is 5.95 Å². The molecule has 0 saturated carbocycles. The summed E-state index contributed by atoms with van der Waals surface area (Å²) in [5.41, 5.74) is 12.7. The minimum atomic E-state index is -0.639. The zero-order chi connectivity index (χ0) is 26.7. The van der Waals surface area contributed by atoms with Crippen molar-refractivity contribution in [2.75, 3.05) is 18.9 Å². The Kier molecular flexibility index (Phi) is 5.78. The summed E-state index contributed by atoms with van der Waals surface area (Å²) in [6.45, 7) is 0.552. The molecule has 0 bridgehead atoms. The molecule has 2 aliphatic rings. The number of fused-ring (bicyclic) bond motifs is 2. The Labute approximate surface area is 228 Å². The molecule has 0 radical (unpaired) electrons. The van der Waals surface area contributed by atoms with E-state index in [1.165, 1.54) is 0 Å². The number of H-pyrrole nitrogens is 1. The number of hydrogen-bond donors (Lipinski definition) is 3. The first-order chi connectivity index (χ1) is 18.9. The molecule has 2 aromatic carbocycles. The molecule has 4 atom stereocenters. The monoisotopic (exact) mass is 544 g/mol. The van der Waals surface area contributed by atoms with Gasteiger partial charge in [-0.2, -0.15) is 4.98 Å². The Balaban J connectivity index is 1.11. The lowest BCUT2D eigenvalue weighted by Crippen LogP contribution is -2.34. The Morgan fingerprint density at radius 2 is 1.64 bits per heavy atom. The van der Waals surface area contributed by atoms with E-state index in [0.717, 1.165) is 27.9 Å². The van der Waals surface area contributed by atoms with Crippen LogP contribution in [0.25, 0.3) is 44.8 Å². The Bertz CT molecular complexity index is 1670. The van der Waals surface area contributed by atoms with Gasteiger partial charge in [0.05, 0.1) is 41.3 Å². The summed E-state index contributed by atoms with van der Waals surface area (Å²) in [7, 11) is 1.90. The van der Waals surface area contributed by atoms with Gasteiger partial charge >= 0.3 is 0 Å². The highest BCUT2D eigenvalue weighted by molar-refractivity contribution is 6.33. The van der Waals surface area contributed by atoms with Crippen LogP contribution < -0.4 is 10.5 Å². The van der Waals surface area contributed by atoms with Crippen LogP contribution in [-0.4, -0.2) is 67.2 Å². The average molecular weight is 545 g/mol. The van der Waals surface area contributed by atoms with E-state index in [9.17, 15) is 5.11 Å². The second kappa shape index (κ2) is 9.35. The summed E-state index contributed by atoms with van der Waals surface area (Å²) in [6, 6.07) is 18.4. The third-order valence-electron chi connectivity index (χ3n) is 7.35. The molecule has 2 aliphatic heterocycles. The summed E-state index contributed by atoms with van der Waals surface area (Å²) in [4.78, 5) is 16.5. The van der Waals surface area contributed by atoms with Crippen LogP contribution in [-0.2, 0) is 16.5 Å². The highest BCUT2D eigenvalue weighted by Crippen LogP contribution is 2.33. The number of aliphatic hydroxyl groups excluding tert-OH is 1. The lowest BCUT2D eigenvalue weighted by Gasteiger charge is -2.15. The van der Waals surface area contributed by atoms with Crippen LogP contribution in [0, 0.1) is 0 Å². The Morgan fingerprint density at radius 3 is 2.33 bits per heavy atom. The van der Waals surface area contributed by atoms with Crippen LogP contribution in [0.3, 0.4) is 0 Å². The Hall–Kier alpha value is -3.96. The molecular formula is C28H25ClN6O4. The number of ether oxygens (including phenoxy) is 3. The smallest absolute Gasteiger partial charge is 0.296 e. The number of nitrogens with two attached hydrogens (primary N) is 1. The number of nitrogens with zero attached hydrogens (tertiary/aromatic N) is 4. The van der Waals surface area contributed by atoms with E-state index >= 15 is 0 Å². The van der Waals surface area contributed by atoms with Crippen LogP contribution in [0.5, 0.6) is 6.01 Å². The topological polar surface area (TPSA) is 133 Å². The lowest BCUT2D eigenvalue weighted by atomic mass is 10.0. The van der Waals surface area contributed by atoms with E-state index in [1.807, 2.05) is 35.9 Å². The van der Waals surface area contributed by atoms with Crippen molar-refractivity contribution in [2.24, 2.45) is 7.05 Å². The number of pyridine rings is 1. The highest BCUT2D eigenvalue weighted by atomic mass is 35.5. The molecule has 0 unspecified atom stereocenters. The molecule has 198 valence electrons. The number of hydrogen-bond acceptors (Lipinski definition) is 8. The van der Waals surface area contributed by atoms with Gasteiger partial charge in [0.25, 0.3) is 6.01 Å². The number of nitrogen functional groups attached to an aromatic ring is 1. The van der Waals surface area contributed by atoms with Gasteiger partial charge in [-0.3, -0.25) is 0 Å². The van der Waals surface area contributed by atoms with Gasteiger partial charge in [-0.1, -0.05) is 60.1 Å². The molecule has 2 fully saturated rings. The minimum absolute atomic E-state index is 0.237. The van der Waals surface area contributed by atoms with Gasteiger partial charge < -0.3 is 34.6 Å². The maximum absolute atomic E-state index is 9.95. The first-order valence-corrected chi connectivity index (χ1v) is 12.9. The molecule has 5 aromatic rings. The van der Waals surface area contributed by atoms with Gasteiger partial charge in [-0.15, -0.1) is 0 Å². The molecule has 2 saturated heterocycles. The number of anilines is 1. The van der Waals surface area contributed by atoms with E-state index in [2.05, 4.69) is 39.2 Å². The number of rotatable bonds is 5. The standard InChI is InChI=1S/C28H25ClN6O4/c1-35-20(11-31-27(35)30)16-6-2-14(3-7-16)15-4-8-17(9-5-15)23-18(29)10-19-26(33-23)34-28(32-19)39-22-13-38-24-21(36)12-37-25(22)24/h2-11,21-22,24-25,36H,12-13H2,1H3,(H2,30,31)(H,32,33,34)/t21-,22-,24-,25-/m1/s1. The third-order valence-corrected chi connectivity index (χ3v) is 7.63. The van der Waals surface area contributed by atoms with Crippen LogP contribution in [0.2, 0.25) is 5.02 Å². The van der Waals surface area contributed by atoms with Gasteiger partial charge in [0.15, 0.2) is 17.7 Å². The molecule has 5 heterocycles. The van der Waals surface area contributed by atoms with E-state index < -0.39 is 6.10 Å². The van der Waals surface area contributed by atoms with Crippen molar-refractivity contribution in [3.8, 4) is 39.7 Å². The normalized spacial score (nSPS) is 22.4. The van der Waals surface area contributed by atoms with Gasteiger partial charge in [0, 0.05) is 12.6 Å². The molecule has 0 spiro atoms. The number of nitrogens with one attached hydrogen (secondary N) is 1. The molecular weight excluding hydrogens is 520 g/mol. The second-order valence-corrected chi connectivity index (χ2v) is 10.2. The van der Waals surface area contributed by atoms with Crippen molar-refractivity contribution in [1.29, 1.82) is 0 Å². The Morgan fingerprint density at radius 1 is 0.974 bits per heavy atom. The zero-order valence-electron chi connectivity index (χ0n) is 20.9. The second-order valence-electron chi connectivity index (χ2n) is 9.77. The number of imidazole rings is 2. The van der Waals surface area contributed by atoms with Crippen molar-refractivity contribution >= 4 is 28.7 Å². The fraction of sp³-hybridized carbons (Fsp3) is 0.250. The first kappa shape index (κ1) is 24.1. The third kappa shape index (κ3) is 4.22. The quantitative estimate of drug-likeness (QED) is 0.304. The fourth-order valence-corrected chi connectivity index (χ4v) is 5.45. The predicted molar refractivity (Wildman–Crippen MR) is 146 cm³/mol. The fourth-order valence-electron chi connectivity index (χ4n) is 5.19. The maximum Gasteiger partial charge on any atom is 0.296 e. The molecule has 4 N–H and O–H groups in total. The van der Waals surface area contributed by atoms with Gasteiger partial charge in [0.2, 0.25) is 0 Å². The van der Waals surface area contributed by atoms with Crippen LogP contribution in [0.1, 0.15) is 0 Å². The molecule has 0 aliphatic carbocycles. The van der Waals surface area contributed by atoms with Gasteiger partial charge in [0.1, 0.15) is 18.3 Å². The van der Waals surface area contributed by atoms with E-state index in [1.54, 1.807) is 12.3 Å². The predicted octanol–water partition coefficient (Wildman–Crippen LogP) is 3.83. The summed E-state index contributed by atoms with van der Waals surface area (Å²) in [5.74, 6) is 0.481. The van der Waals surface area contributed by atoms with Crippen LogP contribution >= 0.6 is 11.6 Å².